The number of rotatable bonds is 3. The fraction of sp³-hybridized carbons (Fsp3) is 0.471. The molecule has 8 heteroatoms. The Labute approximate surface area is 151 Å². The number of amides is 3. The largest absolute Gasteiger partial charge is 0.450 e. The summed E-state index contributed by atoms with van der Waals surface area (Å²) in [5.74, 6) is -1.45. The Balaban J connectivity index is 1.81. The molecule has 1 aromatic rings. The van der Waals surface area contributed by atoms with Crippen LogP contribution in [-0.2, 0) is 14.3 Å². The van der Waals surface area contributed by atoms with Crippen molar-refractivity contribution < 1.29 is 19.1 Å². The molecule has 1 aliphatic heterocycles. The molecule has 1 aromatic carbocycles. The van der Waals surface area contributed by atoms with E-state index in [-0.39, 0.29) is 12.1 Å². The van der Waals surface area contributed by atoms with Gasteiger partial charge >= 0.3 is 17.9 Å². The topological polar surface area (TPSA) is 87.7 Å². The van der Waals surface area contributed by atoms with Crippen LogP contribution in [0.1, 0.15) is 25.3 Å². The van der Waals surface area contributed by atoms with E-state index in [2.05, 4.69) is 10.6 Å². The molecule has 0 atom stereocenters. The van der Waals surface area contributed by atoms with Gasteiger partial charge in [-0.2, -0.15) is 0 Å². The van der Waals surface area contributed by atoms with Crippen molar-refractivity contribution in [3.05, 3.63) is 28.8 Å². The highest BCUT2D eigenvalue weighted by molar-refractivity contribution is 6.40. The van der Waals surface area contributed by atoms with Crippen LogP contribution in [0.4, 0.5) is 10.5 Å². The number of aryl methyl sites for hydroxylation is 1. The number of carbonyl (C=O) groups is 3. The fourth-order valence-corrected chi connectivity index (χ4v) is 2.71. The number of piperidine rings is 1. The lowest BCUT2D eigenvalue weighted by atomic mass is 10.1. The number of carbonyl (C=O) groups excluding carboxylic acids is 3. The van der Waals surface area contributed by atoms with Crippen LogP contribution in [0.25, 0.3) is 0 Å². The average Bonchev–Trinajstić information content (AvgIpc) is 2.59. The molecule has 0 saturated carbocycles. The van der Waals surface area contributed by atoms with Gasteiger partial charge in [0.25, 0.3) is 0 Å². The molecular formula is C17H22ClN3O4. The van der Waals surface area contributed by atoms with Crippen LogP contribution in [0.15, 0.2) is 18.2 Å². The second-order valence-electron chi connectivity index (χ2n) is 5.85. The zero-order valence-electron chi connectivity index (χ0n) is 14.3. The maximum atomic E-state index is 12.0. The summed E-state index contributed by atoms with van der Waals surface area (Å²) >= 11 is 6.00. The molecule has 1 saturated heterocycles. The van der Waals surface area contributed by atoms with E-state index in [1.807, 2.05) is 6.92 Å². The highest BCUT2D eigenvalue weighted by atomic mass is 35.5. The van der Waals surface area contributed by atoms with Crippen LogP contribution in [0.2, 0.25) is 5.02 Å². The van der Waals surface area contributed by atoms with Crippen molar-refractivity contribution in [3.8, 4) is 0 Å². The molecule has 0 radical (unpaired) electrons. The van der Waals surface area contributed by atoms with Crippen LogP contribution >= 0.6 is 11.6 Å². The highest BCUT2D eigenvalue weighted by Crippen LogP contribution is 2.20. The highest BCUT2D eigenvalue weighted by Gasteiger charge is 2.26. The minimum Gasteiger partial charge on any atom is -0.450 e. The zero-order valence-corrected chi connectivity index (χ0v) is 15.1. The summed E-state index contributed by atoms with van der Waals surface area (Å²) in [6.45, 7) is 4.91. The Morgan fingerprint density at radius 2 is 1.92 bits per heavy atom. The first-order valence-electron chi connectivity index (χ1n) is 8.20. The maximum absolute atomic E-state index is 12.0. The van der Waals surface area contributed by atoms with Crippen LogP contribution in [0.5, 0.6) is 0 Å². The maximum Gasteiger partial charge on any atom is 0.409 e. The molecule has 1 heterocycles. The van der Waals surface area contributed by atoms with Gasteiger partial charge in [0.1, 0.15) is 0 Å². The molecule has 1 fully saturated rings. The molecule has 7 nitrogen and oxygen atoms in total. The molecule has 25 heavy (non-hydrogen) atoms. The number of benzene rings is 1. The summed E-state index contributed by atoms with van der Waals surface area (Å²) in [5.41, 5.74) is 1.35. The van der Waals surface area contributed by atoms with E-state index in [1.54, 1.807) is 30.0 Å². The predicted octanol–water partition coefficient (Wildman–Crippen LogP) is 2.32. The van der Waals surface area contributed by atoms with E-state index in [1.165, 1.54) is 0 Å². The van der Waals surface area contributed by atoms with Crippen LogP contribution in [-0.4, -0.2) is 48.5 Å². The molecule has 136 valence electrons. The third-order valence-electron chi connectivity index (χ3n) is 3.99. The van der Waals surface area contributed by atoms with Crippen molar-refractivity contribution in [1.29, 1.82) is 0 Å². The zero-order chi connectivity index (χ0) is 18.4. The van der Waals surface area contributed by atoms with Crippen molar-refractivity contribution in [2.24, 2.45) is 0 Å². The second kappa shape index (κ2) is 8.71. The SMILES string of the molecule is CCOC(=O)N1CCC(NC(=O)C(=O)Nc2ccc(C)c(Cl)c2)CC1. The number of hydrogen-bond acceptors (Lipinski definition) is 4. The van der Waals surface area contributed by atoms with Gasteiger partial charge in [-0.1, -0.05) is 17.7 Å². The van der Waals surface area contributed by atoms with Crippen molar-refractivity contribution in [1.82, 2.24) is 10.2 Å². The van der Waals surface area contributed by atoms with E-state index < -0.39 is 11.8 Å². The standard InChI is InChI=1S/C17H22ClN3O4/c1-3-25-17(24)21-8-6-12(7-9-21)19-15(22)16(23)20-13-5-4-11(2)14(18)10-13/h4-5,10,12H,3,6-9H2,1-2H3,(H,19,22)(H,20,23). The van der Waals surface area contributed by atoms with E-state index in [9.17, 15) is 14.4 Å². The molecule has 0 aliphatic carbocycles. The summed E-state index contributed by atoms with van der Waals surface area (Å²) in [6.07, 6.45) is 0.809. The van der Waals surface area contributed by atoms with E-state index in [4.69, 9.17) is 16.3 Å². The van der Waals surface area contributed by atoms with Gasteiger partial charge in [-0.25, -0.2) is 4.79 Å². The van der Waals surface area contributed by atoms with Gasteiger partial charge in [-0.15, -0.1) is 0 Å². The van der Waals surface area contributed by atoms with Gasteiger partial charge < -0.3 is 20.3 Å². The van der Waals surface area contributed by atoms with Gasteiger partial charge in [0, 0.05) is 29.8 Å². The summed E-state index contributed by atoms with van der Waals surface area (Å²) in [7, 11) is 0. The quantitative estimate of drug-likeness (QED) is 0.802. The molecule has 2 rings (SSSR count). The van der Waals surface area contributed by atoms with Crippen molar-refractivity contribution >= 4 is 35.2 Å². The Hall–Kier alpha value is -2.28. The average molecular weight is 368 g/mol. The van der Waals surface area contributed by atoms with Crippen molar-refractivity contribution in [2.45, 2.75) is 32.7 Å². The third-order valence-corrected chi connectivity index (χ3v) is 4.40. The molecule has 0 spiro atoms. The van der Waals surface area contributed by atoms with Crippen LogP contribution in [0.3, 0.4) is 0 Å². The van der Waals surface area contributed by atoms with Gasteiger partial charge in [0.05, 0.1) is 6.61 Å². The monoisotopic (exact) mass is 367 g/mol. The number of likely N-dealkylation sites (tertiary alicyclic amines) is 1. The lowest BCUT2D eigenvalue weighted by Gasteiger charge is -2.31. The number of nitrogens with zero attached hydrogens (tertiary/aromatic N) is 1. The van der Waals surface area contributed by atoms with E-state index in [0.717, 1.165) is 5.56 Å². The molecule has 0 aromatic heterocycles. The Morgan fingerprint density at radius 1 is 1.24 bits per heavy atom. The molecular weight excluding hydrogens is 346 g/mol. The van der Waals surface area contributed by atoms with E-state index >= 15 is 0 Å². The van der Waals surface area contributed by atoms with Gasteiger partial charge in [-0.3, -0.25) is 9.59 Å². The van der Waals surface area contributed by atoms with Gasteiger partial charge in [-0.05, 0) is 44.4 Å². The van der Waals surface area contributed by atoms with Crippen LogP contribution < -0.4 is 10.6 Å². The fourth-order valence-electron chi connectivity index (χ4n) is 2.53. The Kier molecular flexibility index (Phi) is 6.64. The van der Waals surface area contributed by atoms with Gasteiger partial charge in [0.2, 0.25) is 0 Å². The molecule has 0 bridgehead atoms. The molecule has 3 amide bonds. The van der Waals surface area contributed by atoms with Crippen molar-refractivity contribution in [3.63, 3.8) is 0 Å². The smallest absolute Gasteiger partial charge is 0.409 e. The Bertz CT molecular complexity index is 657. The predicted molar refractivity (Wildman–Crippen MR) is 94.6 cm³/mol. The number of anilines is 1. The second-order valence-corrected chi connectivity index (χ2v) is 6.26. The lowest BCUT2D eigenvalue weighted by molar-refractivity contribution is -0.136. The molecule has 2 N–H and O–H groups in total. The first kappa shape index (κ1) is 19.1. The van der Waals surface area contributed by atoms with Crippen molar-refractivity contribution in [2.75, 3.05) is 25.0 Å². The molecule has 1 aliphatic rings. The number of ether oxygens (including phenoxy) is 1. The first-order valence-corrected chi connectivity index (χ1v) is 8.58. The minimum absolute atomic E-state index is 0.148. The minimum atomic E-state index is -0.743. The Morgan fingerprint density at radius 3 is 2.52 bits per heavy atom. The molecule has 0 unspecified atom stereocenters. The number of halogens is 1. The summed E-state index contributed by atoms with van der Waals surface area (Å²) in [6, 6.07) is 4.90. The normalized spacial score (nSPS) is 14.8. The first-order chi connectivity index (χ1) is 11.9. The van der Waals surface area contributed by atoms with Gasteiger partial charge in [0.15, 0.2) is 0 Å². The van der Waals surface area contributed by atoms with Crippen LogP contribution in [0, 0.1) is 6.92 Å². The third kappa shape index (κ3) is 5.35. The number of hydrogen-bond donors (Lipinski definition) is 2. The summed E-state index contributed by atoms with van der Waals surface area (Å²) in [5, 5.41) is 5.73. The lowest BCUT2D eigenvalue weighted by Crippen LogP contribution is -2.49. The van der Waals surface area contributed by atoms with E-state index in [0.29, 0.717) is 43.2 Å². The number of nitrogens with one attached hydrogen (secondary N) is 2. The summed E-state index contributed by atoms with van der Waals surface area (Å²) < 4.78 is 4.95. The summed E-state index contributed by atoms with van der Waals surface area (Å²) in [4.78, 5) is 37.2.